The number of hydrogen-bond acceptors (Lipinski definition) is 2. The van der Waals surface area contributed by atoms with Crippen molar-refractivity contribution in [2.75, 3.05) is 5.32 Å². The average molecular weight is 336 g/mol. The summed E-state index contributed by atoms with van der Waals surface area (Å²) in [5, 5.41) is 10.8. The first-order valence-electron chi connectivity index (χ1n) is 5.45. The van der Waals surface area contributed by atoms with Crippen molar-refractivity contribution in [3.05, 3.63) is 28.2 Å². The largest absolute Gasteiger partial charge is 0.481 e. The van der Waals surface area contributed by atoms with Crippen molar-refractivity contribution in [3.8, 4) is 0 Å². The highest BCUT2D eigenvalue weighted by Gasteiger charge is 2.15. The number of aliphatic carboxylic acids is 1. The van der Waals surface area contributed by atoms with Crippen LogP contribution in [0.5, 0.6) is 0 Å². The fraction of sp³-hybridized carbons (Fsp3) is 0.333. The lowest BCUT2D eigenvalue weighted by Crippen LogP contribution is -2.17. The maximum absolute atomic E-state index is 13.4. The van der Waals surface area contributed by atoms with Crippen LogP contribution in [0, 0.1) is 17.6 Å². The van der Waals surface area contributed by atoms with Crippen LogP contribution in [0.1, 0.15) is 19.8 Å². The van der Waals surface area contributed by atoms with Gasteiger partial charge in [-0.25, -0.2) is 8.78 Å². The molecule has 19 heavy (non-hydrogen) atoms. The summed E-state index contributed by atoms with van der Waals surface area (Å²) in [7, 11) is 0. The van der Waals surface area contributed by atoms with E-state index in [-0.39, 0.29) is 28.9 Å². The van der Waals surface area contributed by atoms with Gasteiger partial charge in [-0.15, -0.1) is 0 Å². The number of carbonyl (C=O) groups is 2. The molecule has 0 spiro atoms. The molecule has 0 aromatic heterocycles. The quantitative estimate of drug-likeness (QED) is 0.812. The number of amides is 1. The van der Waals surface area contributed by atoms with Crippen LogP contribution in [-0.4, -0.2) is 17.0 Å². The second kappa shape index (κ2) is 6.60. The molecule has 1 amide bonds. The number of benzene rings is 1. The third kappa shape index (κ3) is 4.94. The van der Waals surface area contributed by atoms with E-state index >= 15 is 0 Å². The van der Waals surface area contributed by atoms with Gasteiger partial charge in [0.05, 0.1) is 10.2 Å². The number of carboxylic acids is 1. The van der Waals surface area contributed by atoms with Gasteiger partial charge in [0.2, 0.25) is 5.91 Å². The molecule has 0 heterocycles. The van der Waals surface area contributed by atoms with Gasteiger partial charge in [0.25, 0.3) is 0 Å². The van der Waals surface area contributed by atoms with Gasteiger partial charge < -0.3 is 10.4 Å². The molecule has 2 N–H and O–H groups in total. The van der Waals surface area contributed by atoms with E-state index in [1.807, 2.05) is 0 Å². The molecule has 0 saturated heterocycles. The molecule has 0 fully saturated rings. The standard InChI is InChI=1S/C12H12BrF2NO3/c1-6(3-12(18)19)2-11(17)16-10-4-7(13)8(14)5-9(10)15/h4-6H,2-3H2,1H3,(H,16,17)(H,18,19). The average Bonchev–Trinajstić information content (AvgIpc) is 2.24. The number of halogens is 3. The van der Waals surface area contributed by atoms with Crippen LogP contribution >= 0.6 is 15.9 Å². The lowest BCUT2D eigenvalue weighted by atomic mass is 10.0. The van der Waals surface area contributed by atoms with E-state index in [0.717, 1.165) is 6.07 Å². The number of carboxylic acid groups (broad SMARTS) is 1. The Kier molecular flexibility index (Phi) is 5.41. The van der Waals surface area contributed by atoms with Crippen LogP contribution in [0.3, 0.4) is 0 Å². The fourth-order valence-corrected chi connectivity index (χ4v) is 1.85. The molecule has 1 rings (SSSR count). The highest BCUT2D eigenvalue weighted by molar-refractivity contribution is 9.10. The van der Waals surface area contributed by atoms with Crippen molar-refractivity contribution in [1.29, 1.82) is 0 Å². The van der Waals surface area contributed by atoms with Crippen molar-refractivity contribution in [2.45, 2.75) is 19.8 Å². The summed E-state index contributed by atoms with van der Waals surface area (Å²) in [6, 6.07) is 1.77. The molecular formula is C12H12BrF2NO3. The number of nitrogens with one attached hydrogen (secondary N) is 1. The summed E-state index contributed by atoms with van der Waals surface area (Å²) in [6.45, 7) is 1.60. The minimum Gasteiger partial charge on any atom is -0.481 e. The molecule has 0 aliphatic rings. The molecule has 1 aromatic carbocycles. The van der Waals surface area contributed by atoms with Crippen molar-refractivity contribution in [2.24, 2.45) is 5.92 Å². The Hall–Kier alpha value is -1.50. The lowest BCUT2D eigenvalue weighted by Gasteiger charge is -2.10. The van der Waals surface area contributed by atoms with Gasteiger partial charge in [0.15, 0.2) is 0 Å². The predicted molar refractivity (Wildman–Crippen MR) is 68.7 cm³/mol. The maximum Gasteiger partial charge on any atom is 0.303 e. The zero-order valence-electron chi connectivity index (χ0n) is 10.0. The summed E-state index contributed by atoms with van der Waals surface area (Å²) < 4.78 is 26.4. The third-order valence-electron chi connectivity index (χ3n) is 2.34. The first kappa shape index (κ1) is 15.6. The molecule has 0 saturated carbocycles. The third-order valence-corrected chi connectivity index (χ3v) is 2.95. The molecule has 1 unspecified atom stereocenters. The highest BCUT2D eigenvalue weighted by Crippen LogP contribution is 2.24. The zero-order chi connectivity index (χ0) is 14.6. The molecule has 4 nitrogen and oxygen atoms in total. The molecule has 1 atom stereocenters. The van der Waals surface area contributed by atoms with Gasteiger partial charge in [-0.1, -0.05) is 6.92 Å². The number of anilines is 1. The summed E-state index contributed by atoms with van der Waals surface area (Å²) in [4.78, 5) is 22.0. The zero-order valence-corrected chi connectivity index (χ0v) is 11.6. The van der Waals surface area contributed by atoms with Crippen LogP contribution in [0.15, 0.2) is 16.6 Å². The van der Waals surface area contributed by atoms with E-state index in [1.165, 1.54) is 0 Å². The van der Waals surface area contributed by atoms with Gasteiger partial charge >= 0.3 is 5.97 Å². The number of carbonyl (C=O) groups excluding carboxylic acids is 1. The minimum absolute atomic E-state index is 0.0304. The summed E-state index contributed by atoms with van der Waals surface area (Å²) >= 11 is 2.88. The Labute approximate surface area is 116 Å². The molecule has 104 valence electrons. The van der Waals surface area contributed by atoms with Crippen molar-refractivity contribution < 1.29 is 23.5 Å². The maximum atomic E-state index is 13.4. The van der Waals surface area contributed by atoms with Crippen molar-refractivity contribution in [3.63, 3.8) is 0 Å². The van der Waals surface area contributed by atoms with E-state index in [9.17, 15) is 18.4 Å². The van der Waals surface area contributed by atoms with E-state index in [2.05, 4.69) is 21.2 Å². The van der Waals surface area contributed by atoms with Gasteiger partial charge in [0.1, 0.15) is 11.6 Å². The minimum atomic E-state index is -1.00. The first-order chi connectivity index (χ1) is 8.79. The summed E-state index contributed by atoms with van der Waals surface area (Å²) in [5.41, 5.74) is -0.152. The number of hydrogen-bond donors (Lipinski definition) is 2. The normalized spacial score (nSPS) is 12.0. The topological polar surface area (TPSA) is 66.4 Å². The van der Waals surface area contributed by atoms with Crippen molar-refractivity contribution >= 4 is 33.5 Å². The van der Waals surface area contributed by atoms with Gasteiger partial charge in [-0.05, 0) is 27.9 Å². The summed E-state index contributed by atoms with van der Waals surface area (Å²) in [5.74, 6) is -3.55. The Bertz CT molecular complexity index is 508. The summed E-state index contributed by atoms with van der Waals surface area (Å²) in [6.07, 6.45) is -0.205. The first-order valence-corrected chi connectivity index (χ1v) is 6.25. The van der Waals surface area contributed by atoms with Gasteiger partial charge in [-0.2, -0.15) is 0 Å². The highest BCUT2D eigenvalue weighted by atomic mass is 79.9. The molecular weight excluding hydrogens is 324 g/mol. The van der Waals surface area contributed by atoms with E-state index in [1.54, 1.807) is 6.92 Å². The lowest BCUT2D eigenvalue weighted by molar-refractivity contribution is -0.138. The molecule has 7 heteroatoms. The SMILES string of the molecule is CC(CC(=O)O)CC(=O)Nc1cc(Br)c(F)cc1F. The predicted octanol–water partition coefficient (Wildman–Crippen LogP) is 3.17. The fourth-order valence-electron chi connectivity index (χ4n) is 1.51. The van der Waals surface area contributed by atoms with Crippen LogP contribution < -0.4 is 5.32 Å². The Balaban J connectivity index is 2.67. The van der Waals surface area contributed by atoms with E-state index in [0.29, 0.717) is 6.07 Å². The smallest absolute Gasteiger partial charge is 0.303 e. The van der Waals surface area contributed by atoms with E-state index < -0.39 is 23.5 Å². The molecule has 0 aliphatic heterocycles. The Morgan fingerprint density at radius 3 is 2.53 bits per heavy atom. The second-order valence-corrected chi connectivity index (χ2v) is 5.06. The molecule has 0 radical (unpaired) electrons. The van der Waals surface area contributed by atoms with Crippen LogP contribution in [0.4, 0.5) is 14.5 Å². The molecule has 1 aromatic rings. The van der Waals surface area contributed by atoms with Crippen molar-refractivity contribution in [1.82, 2.24) is 0 Å². The Morgan fingerprint density at radius 2 is 1.95 bits per heavy atom. The molecule has 0 aliphatic carbocycles. The monoisotopic (exact) mass is 335 g/mol. The van der Waals surface area contributed by atoms with Gasteiger partial charge in [-0.3, -0.25) is 9.59 Å². The molecule has 0 bridgehead atoms. The van der Waals surface area contributed by atoms with Gasteiger partial charge in [0, 0.05) is 18.9 Å². The number of rotatable bonds is 5. The second-order valence-electron chi connectivity index (χ2n) is 4.20. The Morgan fingerprint density at radius 1 is 1.32 bits per heavy atom. The van der Waals surface area contributed by atoms with E-state index in [4.69, 9.17) is 5.11 Å². The van der Waals surface area contributed by atoms with Crippen LogP contribution in [0.2, 0.25) is 0 Å². The van der Waals surface area contributed by atoms with Crippen LogP contribution in [-0.2, 0) is 9.59 Å². The van der Waals surface area contributed by atoms with Crippen LogP contribution in [0.25, 0.3) is 0 Å².